The van der Waals surface area contributed by atoms with Crippen molar-refractivity contribution in [2.24, 2.45) is 23.2 Å². The lowest BCUT2D eigenvalue weighted by molar-refractivity contribution is 0.0861. The van der Waals surface area contributed by atoms with Gasteiger partial charge in [0.25, 0.3) is 0 Å². The minimum absolute atomic E-state index is 0.177. The summed E-state index contributed by atoms with van der Waals surface area (Å²) >= 11 is 0. The molecule has 0 aromatic heterocycles. The van der Waals surface area contributed by atoms with Crippen LogP contribution in [0.2, 0.25) is 0 Å². The topological polar surface area (TPSA) is 83.8 Å². The van der Waals surface area contributed by atoms with Crippen molar-refractivity contribution in [3.05, 3.63) is 59.7 Å². The van der Waals surface area contributed by atoms with Crippen molar-refractivity contribution in [3.63, 3.8) is 0 Å². The van der Waals surface area contributed by atoms with Gasteiger partial charge in [-0.05, 0) is 110 Å². The molecule has 4 rings (SSSR count). The highest BCUT2D eigenvalue weighted by molar-refractivity contribution is 7.91. The van der Waals surface area contributed by atoms with E-state index in [0.717, 1.165) is 24.0 Å². The molecular formula is C31H44O5S. The third-order valence-corrected chi connectivity index (χ3v) is 11.3. The van der Waals surface area contributed by atoms with Crippen LogP contribution in [0.4, 0.5) is 0 Å². The maximum Gasteiger partial charge on any atom is 0.178 e. The van der Waals surface area contributed by atoms with Gasteiger partial charge in [-0.15, -0.1) is 0 Å². The zero-order chi connectivity index (χ0) is 26.8. The summed E-state index contributed by atoms with van der Waals surface area (Å²) in [5.74, 6) is 2.44. The van der Waals surface area contributed by atoms with Crippen LogP contribution in [0.3, 0.4) is 0 Å². The SMILES string of the molecule is C=C1/C(=C\C=C2/CCC[C@]3(C)[C@@H]([C@H](C)CCCS(=O)(=O)c4ccc(OC)cc4)CC[C@@H]23)C[C@@H](O)C[C@@H]1O. The van der Waals surface area contributed by atoms with Gasteiger partial charge in [0.05, 0.1) is 30.0 Å². The molecule has 0 bridgehead atoms. The average molecular weight is 529 g/mol. The van der Waals surface area contributed by atoms with Crippen molar-refractivity contribution in [3.8, 4) is 5.75 Å². The number of ether oxygens (including phenoxy) is 1. The van der Waals surface area contributed by atoms with Crippen LogP contribution in [0.15, 0.2) is 64.6 Å². The Morgan fingerprint density at radius 2 is 1.92 bits per heavy atom. The number of fused-ring (bicyclic) bond motifs is 1. The number of hydrogen-bond acceptors (Lipinski definition) is 5. The number of hydrogen-bond donors (Lipinski definition) is 2. The molecule has 0 spiro atoms. The smallest absolute Gasteiger partial charge is 0.178 e. The van der Waals surface area contributed by atoms with E-state index in [4.69, 9.17) is 4.74 Å². The molecule has 0 saturated heterocycles. The van der Waals surface area contributed by atoms with E-state index in [-0.39, 0.29) is 11.2 Å². The minimum Gasteiger partial charge on any atom is -0.497 e. The van der Waals surface area contributed by atoms with E-state index in [1.165, 1.54) is 31.3 Å². The predicted octanol–water partition coefficient (Wildman–Crippen LogP) is 6.03. The zero-order valence-corrected chi connectivity index (χ0v) is 23.5. The van der Waals surface area contributed by atoms with Crippen molar-refractivity contribution < 1.29 is 23.4 Å². The van der Waals surface area contributed by atoms with E-state index >= 15 is 0 Å². The Morgan fingerprint density at radius 3 is 2.62 bits per heavy atom. The van der Waals surface area contributed by atoms with Crippen molar-refractivity contribution in [2.45, 2.75) is 88.7 Å². The van der Waals surface area contributed by atoms with E-state index in [9.17, 15) is 18.6 Å². The van der Waals surface area contributed by atoms with Crippen LogP contribution in [-0.2, 0) is 9.84 Å². The van der Waals surface area contributed by atoms with Crippen molar-refractivity contribution in [2.75, 3.05) is 12.9 Å². The summed E-state index contributed by atoms with van der Waals surface area (Å²) in [4.78, 5) is 0.366. The largest absolute Gasteiger partial charge is 0.497 e. The zero-order valence-electron chi connectivity index (χ0n) is 22.7. The third kappa shape index (κ3) is 6.07. The number of methoxy groups -OCH3 is 1. The van der Waals surface area contributed by atoms with Crippen LogP contribution in [-0.4, -0.2) is 43.7 Å². The molecule has 0 unspecified atom stereocenters. The maximum atomic E-state index is 12.8. The van der Waals surface area contributed by atoms with Gasteiger partial charge < -0.3 is 14.9 Å². The Labute approximate surface area is 223 Å². The second-order valence-electron chi connectivity index (χ2n) is 11.8. The van der Waals surface area contributed by atoms with Gasteiger partial charge in [-0.2, -0.15) is 0 Å². The Hall–Kier alpha value is -1.89. The van der Waals surface area contributed by atoms with E-state index in [0.29, 0.717) is 47.7 Å². The van der Waals surface area contributed by atoms with Gasteiger partial charge in [0.1, 0.15) is 5.75 Å². The first-order valence-corrected chi connectivity index (χ1v) is 15.5. The van der Waals surface area contributed by atoms with Crippen molar-refractivity contribution >= 4 is 9.84 Å². The second kappa shape index (κ2) is 11.5. The van der Waals surface area contributed by atoms with E-state index in [2.05, 4.69) is 32.6 Å². The molecule has 0 aliphatic heterocycles. The molecular weight excluding hydrogens is 484 g/mol. The van der Waals surface area contributed by atoms with Crippen LogP contribution in [0.25, 0.3) is 0 Å². The van der Waals surface area contributed by atoms with Crippen molar-refractivity contribution in [1.29, 1.82) is 0 Å². The Bertz CT molecular complexity index is 1130. The molecule has 2 N–H and O–H groups in total. The van der Waals surface area contributed by atoms with Crippen LogP contribution < -0.4 is 4.74 Å². The molecule has 6 atom stereocenters. The van der Waals surface area contributed by atoms with Gasteiger partial charge in [0, 0.05) is 6.42 Å². The van der Waals surface area contributed by atoms with Crippen LogP contribution >= 0.6 is 0 Å². The summed E-state index contributed by atoms with van der Waals surface area (Å²) in [7, 11) is -1.72. The maximum absolute atomic E-state index is 12.8. The van der Waals surface area contributed by atoms with Gasteiger partial charge in [-0.1, -0.05) is 38.2 Å². The van der Waals surface area contributed by atoms with E-state index < -0.39 is 22.0 Å². The number of aliphatic hydroxyl groups excluding tert-OH is 2. The first-order chi connectivity index (χ1) is 17.5. The molecule has 0 radical (unpaired) electrons. The molecule has 5 nitrogen and oxygen atoms in total. The molecule has 3 saturated carbocycles. The van der Waals surface area contributed by atoms with Gasteiger partial charge in [-0.3, -0.25) is 0 Å². The number of benzene rings is 1. The second-order valence-corrected chi connectivity index (χ2v) is 13.9. The Kier molecular flexibility index (Phi) is 8.72. The first-order valence-electron chi connectivity index (χ1n) is 13.9. The van der Waals surface area contributed by atoms with Crippen LogP contribution in [0, 0.1) is 23.2 Å². The highest BCUT2D eigenvalue weighted by Crippen LogP contribution is 2.59. The first kappa shape index (κ1) is 28.1. The summed E-state index contributed by atoms with van der Waals surface area (Å²) < 4.78 is 30.8. The Balaban J connectivity index is 1.39. The monoisotopic (exact) mass is 528 g/mol. The molecule has 3 aliphatic carbocycles. The fourth-order valence-corrected chi connectivity index (χ4v) is 8.71. The standard InChI is InChI=1S/C31H44O5S/c1-21(7-6-18-37(34,35)27-13-11-26(36-4)12-14-27)28-15-16-29-23(8-5-17-31(28,29)3)9-10-24-19-25(32)20-30(33)22(24)2/h9-14,21,25,28-30,32-33H,2,5-8,15-20H2,1,3-4H3/b23-9+,24-10-/t21-,25-,28-,29+,30+,31-/m1/s1. The van der Waals surface area contributed by atoms with Crippen LogP contribution in [0.5, 0.6) is 5.75 Å². The van der Waals surface area contributed by atoms with E-state index in [1.54, 1.807) is 31.4 Å². The minimum atomic E-state index is -3.30. The third-order valence-electron chi connectivity index (χ3n) is 9.48. The summed E-state index contributed by atoms with van der Waals surface area (Å²) in [6.07, 6.45) is 11.5. The molecule has 1 aromatic carbocycles. The predicted molar refractivity (Wildman–Crippen MR) is 148 cm³/mol. The molecule has 6 heteroatoms. The number of rotatable bonds is 8. The summed E-state index contributed by atoms with van der Waals surface area (Å²) in [5, 5.41) is 20.3. The molecule has 3 fully saturated rings. The Morgan fingerprint density at radius 1 is 1.19 bits per heavy atom. The van der Waals surface area contributed by atoms with Gasteiger partial charge in [-0.25, -0.2) is 8.42 Å². The molecule has 3 aliphatic rings. The number of aliphatic hydroxyl groups is 2. The lowest BCUT2D eigenvalue weighted by Crippen LogP contribution is -2.36. The van der Waals surface area contributed by atoms with Crippen LogP contribution in [0.1, 0.15) is 71.6 Å². The van der Waals surface area contributed by atoms with Gasteiger partial charge >= 0.3 is 0 Å². The summed E-state index contributed by atoms with van der Waals surface area (Å²) in [6.45, 7) is 8.82. The fraction of sp³-hybridized carbons (Fsp3) is 0.613. The summed E-state index contributed by atoms with van der Waals surface area (Å²) in [5.41, 5.74) is 3.43. The quantitative estimate of drug-likeness (QED) is 0.431. The van der Waals surface area contributed by atoms with Crippen molar-refractivity contribution in [1.82, 2.24) is 0 Å². The molecule has 1 aromatic rings. The number of allylic oxidation sites excluding steroid dienone is 3. The molecule has 0 heterocycles. The molecule has 37 heavy (non-hydrogen) atoms. The molecule has 0 amide bonds. The van der Waals surface area contributed by atoms with Gasteiger partial charge in [0.2, 0.25) is 0 Å². The highest BCUT2D eigenvalue weighted by atomic mass is 32.2. The number of sulfone groups is 1. The summed E-state index contributed by atoms with van der Waals surface area (Å²) in [6, 6.07) is 6.67. The fourth-order valence-electron chi connectivity index (χ4n) is 7.38. The van der Waals surface area contributed by atoms with E-state index in [1.807, 2.05) is 0 Å². The lowest BCUT2D eigenvalue weighted by atomic mass is 9.61. The molecule has 204 valence electrons. The normalized spacial score (nSPS) is 33.5. The average Bonchev–Trinajstić information content (AvgIpc) is 3.22. The van der Waals surface area contributed by atoms with Gasteiger partial charge in [0.15, 0.2) is 9.84 Å². The highest BCUT2D eigenvalue weighted by Gasteiger charge is 2.50. The lowest BCUT2D eigenvalue weighted by Gasteiger charge is -2.44.